The fraction of sp³-hybridized carbons (Fsp3) is 0.750. The minimum atomic E-state index is -1.03. The molecule has 0 bridgehead atoms. The highest BCUT2D eigenvalue weighted by Crippen LogP contribution is 2.00. The molecule has 0 radical (unpaired) electrons. The molecule has 0 saturated carbocycles. The van der Waals surface area contributed by atoms with Crippen molar-refractivity contribution in [2.24, 2.45) is 0 Å². The molecule has 0 aromatic heterocycles. The van der Waals surface area contributed by atoms with Gasteiger partial charge < -0.3 is 15.7 Å². The molecule has 14 heavy (non-hydrogen) atoms. The maximum absolute atomic E-state index is 11.3. The number of carbonyl (C=O) groups excluding carboxylic acids is 1. The maximum Gasteiger partial charge on any atom is 0.322 e. The van der Waals surface area contributed by atoms with Gasteiger partial charge in [-0.05, 0) is 25.5 Å². The van der Waals surface area contributed by atoms with Crippen molar-refractivity contribution >= 4 is 23.6 Å². The Bertz CT molecular complexity index is 199. The van der Waals surface area contributed by atoms with Gasteiger partial charge in [-0.25, -0.2) is 0 Å². The molecule has 0 rings (SSSR count). The van der Waals surface area contributed by atoms with Crippen LogP contribution in [-0.4, -0.2) is 48.6 Å². The first-order valence-corrected chi connectivity index (χ1v) is 5.67. The summed E-state index contributed by atoms with van der Waals surface area (Å²) in [6.07, 6.45) is 2.66. The standard InChI is InChI=1S/C8H16N2O3S/c1-9-6(3-4-14-2)8(13)10-5-7(11)12/h6,9H,3-5H2,1-2H3,(H,10,13)(H,11,12). The number of hydrogen-bond donors (Lipinski definition) is 3. The van der Waals surface area contributed by atoms with E-state index in [2.05, 4.69) is 10.6 Å². The Kier molecular flexibility index (Phi) is 7.23. The zero-order valence-electron chi connectivity index (χ0n) is 8.37. The number of carbonyl (C=O) groups is 2. The fourth-order valence-corrected chi connectivity index (χ4v) is 1.40. The number of amides is 1. The van der Waals surface area contributed by atoms with Crippen LogP contribution >= 0.6 is 11.8 Å². The lowest BCUT2D eigenvalue weighted by Gasteiger charge is -2.14. The van der Waals surface area contributed by atoms with E-state index in [1.807, 2.05) is 6.26 Å². The smallest absolute Gasteiger partial charge is 0.322 e. The predicted molar refractivity (Wildman–Crippen MR) is 56.5 cm³/mol. The maximum atomic E-state index is 11.3. The third-order valence-corrected chi connectivity index (χ3v) is 2.33. The average Bonchev–Trinajstić information content (AvgIpc) is 2.16. The molecular weight excluding hydrogens is 204 g/mol. The van der Waals surface area contributed by atoms with E-state index < -0.39 is 5.97 Å². The molecule has 0 spiro atoms. The molecule has 0 aliphatic rings. The van der Waals surface area contributed by atoms with Gasteiger partial charge in [0.2, 0.25) is 5.91 Å². The topological polar surface area (TPSA) is 78.4 Å². The minimum absolute atomic E-state index is 0.260. The second-order valence-corrected chi connectivity index (χ2v) is 3.72. The lowest BCUT2D eigenvalue weighted by atomic mass is 10.2. The molecule has 1 amide bonds. The molecule has 0 aromatic rings. The lowest BCUT2D eigenvalue weighted by molar-refractivity contribution is -0.138. The SMILES string of the molecule is CNC(CCSC)C(=O)NCC(=O)O. The number of rotatable bonds is 7. The molecule has 0 heterocycles. The van der Waals surface area contributed by atoms with Crippen molar-refractivity contribution in [1.29, 1.82) is 0 Å². The summed E-state index contributed by atoms with van der Waals surface area (Å²) in [6, 6.07) is -0.304. The van der Waals surface area contributed by atoms with Gasteiger partial charge in [0.25, 0.3) is 0 Å². The highest BCUT2D eigenvalue weighted by Gasteiger charge is 2.15. The van der Waals surface area contributed by atoms with Crippen molar-refractivity contribution in [1.82, 2.24) is 10.6 Å². The Morgan fingerprint density at radius 2 is 2.14 bits per heavy atom. The van der Waals surface area contributed by atoms with Gasteiger partial charge in [-0.1, -0.05) is 0 Å². The molecule has 5 nitrogen and oxygen atoms in total. The molecule has 6 heteroatoms. The number of hydrogen-bond acceptors (Lipinski definition) is 4. The number of likely N-dealkylation sites (N-methyl/N-ethyl adjacent to an activating group) is 1. The average molecular weight is 220 g/mol. The summed E-state index contributed by atoms with van der Waals surface area (Å²) in [7, 11) is 1.69. The van der Waals surface area contributed by atoms with Crippen molar-refractivity contribution < 1.29 is 14.7 Å². The number of nitrogens with one attached hydrogen (secondary N) is 2. The third kappa shape index (κ3) is 5.82. The normalized spacial score (nSPS) is 12.1. The first kappa shape index (κ1) is 13.2. The lowest BCUT2D eigenvalue weighted by Crippen LogP contribution is -2.44. The number of carboxylic acid groups (broad SMARTS) is 1. The van der Waals surface area contributed by atoms with Crippen LogP contribution in [-0.2, 0) is 9.59 Å². The summed E-state index contributed by atoms with van der Waals surface area (Å²) in [5.74, 6) is -0.423. The van der Waals surface area contributed by atoms with Gasteiger partial charge in [0, 0.05) is 0 Å². The summed E-state index contributed by atoms with van der Waals surface area (Å²) in [5.41, 5.74) is 0. The molecule has 82 valence electrons. The monoisotopic (exact) mass is 220 g/mol. The zero-order valence-corrected chi connectivity index (χ0v) is 9.19. The van der Waals surface area contributed by atoms with E-state index in [4.69, 9.17) is 5.11 Å². The Balaban J connectivity index is 3.85. The molecule has 1 atom stereocenters. The predicted octanol–water partition coefficient (Wildman–Crippen LogP) is -0.472. The molecule has 0 saturated heterocycles. The van der Waals surface area contributed by atoms with Crippen molar-refractivity contribution in [2.45, 2.75) is 12.5 Å². The largest absolute Gasteiger partial charge is 0.480 e. The van der Waals surface area contributed by atoms with Gasteiger partial charge in [0.15, 0.2) is 0 Å². The van der Waals surface area contributed by atoms with Crippen LogP contribution in [0, 0.1) is 0 Å². The number of aliphatic carboxylic acids is 1. The van der Waals surface area contributed by atoms with Crippen LogP contribution < -0.4 is 10.6 Å². The van der Waals surface area contributed by atoms with E-state index in [0.29, 0.717) is 6.42 Å². The fourth-order valence-electron chi connectivity index (χ4n) is 0.928. The van der Waals surface area contributed by atoms with Gasteiger partial charge in [0.1, 0.15) is 6.54 Å². The third-order valence-electron chi connectivity index (χ3n) is 1.69. The summed E-state index contributed by atoms with van der Waals surface area (Å²) in [5, 5.41) is 13.5. The van der Waals surface area contributed by atoms with Crippen molar-refractivity contribution in [2.75, 3.05) is 25.6 Å². The van der Waals surface area contributed by atoms with Crippen LogP contribution in [0.25, 0.3) is 0 Å². The molecule has 1 unspecified atom stereocenters. The van der Waals surface area contributed by atoms with E-state index in [0.717, 1.165) is 5.75 Å². The van der Waals surface area contributed by atoms with E-state index >= 15 is 0 Å². The molecular formula is C8H16N2O3S. The van der Waals surface area contributed by atoms with Crippen LogP contribution in [0.5, 0.6) is 0 Å². The molecule has 0 fully saturated rings. The van der Waals surface area contributed by atoms with E-state index in [1.165, 1.54) is 0 Å². The molecule has 0 aromatic carbocycles. The van der Waals surface area contributed by atoms with E-state index in [9.17, 15) is 9.59 Å². The molecule has 0 aliphatic carbocycles. The van der Waals surface area contributed by atoms with E-state index in [1.54, 1.807) is 18.8 Å². The molecule has 3 N–H and O–H groups in total. The second-order valence-electron chi connectivity index (χ2n) is 2.73. The number of thioether (sulfide) groups is 1. The highest BCUT2D eigenvalue weighted by atomic mass is 32.2. The summed E-state index contributed by atoms with van der Waals surface area (Å²) < 4.78 is 0. The Hall–Kier alpha value is -0.750. The van der Waals surface area contributed by atoms with Crippen LogP contribution in [0.1, 0.15) is 6.42 Å². The van der Waals surface area contributed by atoms with Crippen LogP contribution in [0.3, 0.4) is 0 Å². The molecule has 0 aliphatic heterocycles. The number of carboxylic acids is 1. The van der Waals surface area contributed by atoms with Crippen molar-refractivity contribution in [3.05, 3.63) is 0 Å². The van der Waals surface area contributed by atoms with Gasteiger partial charge >= 0.3 is 5.97 Å². The van der Waals surface area contributed by atoms with Crippen molar-refractivity contribution in [3.63, 3.8) is 0 Å². The van der Waals surface area contributed by atoms with E-state index in [-0.39, 0.29) is 18.5 Å². The first-order chi connectivity index (χ1) is 6.61. The van der Waals surface area contributed by atoms with Gasteiger partial charge in [-0.3, -0.25) is 9.59 Å². The van der Waals surface area contributed by atoms with Crippen LogP contribution in [0.4, 0.5) is 0 Å². The van der Waals surface area contributed by atoms with Gasteiger partial charge in [0.05, 0.1) is 6.04 Å². The van der Waals surface area contributed by atoms with Crippen LogP contribution in [0.2, 0.25) is 0 Å². The summed E-state index contributed by atoms with van der Waals surface area (Å²) in [6.45, 7) is -0.323. The minimum Gasteiger partial charge on any atom is -0.480 e. The van der Waals surface area contributed by atoms with Gasteiger partial charge in [-0.2, -0.15) is 11.8 Å². The van der Waals surface area contributed by atoms with Gasteiger partial charge in [-0.15, -0.1) is 0 Å². The first-order valence-electron chi connectivity index (χ1n) is 4.27. The second kappa shape index (κ2) is 7.64. The summed E-state index contributed by atoms with van der Waals surface area (Å²) >= 11 is 1.65. The Morgan fingerprint density at radius 1 is 1.50 bits per heavy atom. The Labute approximate surface area is 87.6 Å². The van der Waals surface area contributed by atoms with Crippen molar-refractivity contribution in [3.8, 4) is 0 Å². The highest BCUT2D eigenvalue weighted by molar-refractivity contribution is 7.98. The van der Waals surface area contributed by atoms with Crippen LogP contribution in [0.15, 0.2) is 0 Å². The zero-order chi connectivity index (χ0) is 11.0. The Morgan fingerprint density at radius 3 is 2.57 bits per heavy atom. The quantitative estimate of drug-likeness (QED) is 0.540. The summed E-state index contributed by atoms with van der Waals surface area (Å²) in [4.78, 5) is 21.5.